The number of nitrogens with two attached hydrogens (primary N) is 1. The lowest BCUT2D eigenvalue weighted by atomic mass is 9.96. The molecule has 0 saturated carbocycles. The monoisotopic (exact) mass is 291 g/mol. The van der Waals surface area contributed by atoms with Crippen LogP contribution < -0.4 is 5.73 Å². The molecule has 7 heteroatoms. The van der Waals surface area contributed by atoms with Crippen LogP contribution in [-0.2, 0) is 5.41 Å². The standard InChI is InChI=1S/C13H14FN5S/c1-13(2,3)11-16-17-12-19(11)18-10(20-12)7-4-5-8(14)9(15)6-7/h4-6H,15H2,1-3H3. The highest BCUT2D eigenvalue weighted by molar-refractivity contribution is 7.19. The first-order valence-electron chi connectivity index (χ1n) is 6.14. The van der Waals surface area contributed by atoms with Gasteiger partial charge in [-0.05, 0) is 18.2 Å². The van der Waals surface area contributed by atoms with Gasteiger partial charge < -0.3 is 5.73 Å². The molecule has 3 rings (SSSR count). The van der Waals surface area contributed by atoms with Crippen molar-refractivity contribution in [3.05, 3.63) is 29.8 Å². The van der Waals surface area contributed by atoms with E-state index < -0.39 is 5.82 Å². The zero-order chi connectivity index (χ0) is 14.5. The maximum atomic E-state index is 13.2. The Balaban J connectivity index is 2.14. The second-order valence-electron chi connectivity index (χ2n) is 5.61. The van der Waals surface area contributed by atoms with E-state index in [2.05, 4.69) is 36.1 Å². The molecule has 1 aromatic carbocycles. The van der Waals surface area contributed by atoms with Crippen molar-refractivity contribution in [2.75, 3.05) is 5.73 Å². The van der Waals surface area contributed by atoms with Crippen LogP contribution in [0.4, 0.5) is 10.1 Å². The first kappa shape index (κ1) is 13.0. The number of nitrogen functional groups attached to an aromatic ring is 1. The van der Waals surface area contributed by atoms with Gasteiger partial charge in [-0.2, -0.15) is 9.61 Å². The molecule has 3 aromatic rings. The van der Waals surface area contributed by atoms with Crippen LogP contribution in [0, 0.1) is 5.82 Å². The number of hydrogen-bond acceptors (Lipinski definition) is 5. The fourth-order valence-corrected chi connectivity index (χ4v) is 2.71. The third-order valence-corrected chi connectivity index (χ3v) is 3.85. The highest BCUT2D eigenvalue weighted by Crippen LogP contribution is 2.30. The van der Waals surface area contributed by atoms with Crippen molar-refractivity contribution in [3.8, 4) is 10.6 Å². The van der Waals surface area contributed by atoms with E-state index in [1.165, 1.54) is 17.4 Å². The van der Waals surface area contributed by atoms with E-state index in [1.54, 1.807) is 16.6 Å². The summed E-state index contributed by atoms with van der Waals surface area (Å²) >= 11 is 1.40. The molecule has 104 valence electrons. The molecular formula is C13H14FN5S. The summed E-state index contributed by atoms with van der Waals surface area (Å²) in [6.45, 7) is 6.16. The lowest BCUT2D eigenvalue weighted by Crippen LogP contribution is -2.16. The van der Waals surface area contributed by atoms with Crippen LogP contribution in [0.15, 0.2) is 18.2 Å². The minimum Gasteiger partial charge on any atom is -0.396 e. The number of nitrogens with zero attached hydrogens (tertiary/aromatic N) is 4. The predicted molar refractivity (Wildman–Crippen MR) is 77.2 cm³/mol. The van der Waals surface area contributed by atoms with Crippen molar-refractivity contribution in [3.63, 3.8) is 0 Å². The molecule has 20 heavy (non-hydrogen) atoms. The highest BCUT2D eigenvalue weighted by Gasteiger charge is 2.23. The van der Waals surface area contributed by atoms with E-state index in [9.17, 15) is 4.39 Å². The lowest BCUT2D eigenvalue weighted by molar-refractivity contribution is 0.528. The molecule has 0 atom stereocenters. The Morgan fingerprint density at radius 1 is 1.25 bits per heavy atom. The first-order chi connectivity index (χ1) is 9.36. The lowest BCUT2D eigenvalue weighted by Gasteiger charge is -2.13. The molecule has 0 spiro atoms. The SMILES string of the molecule is CC(C)(C)c1nnc2sc(-c3ccc(F)c(N)c3)nn12. The Bertz CT molecular complexity index is 784. The molecule has 0 saturated heterocycles. The number of aromatic nitrogens is 4. The summed E-state index contributed by atoms with van der Waals surface area (Å²) in [5.41, 5.74) is 6.34. The summed E-state index contributed by atoms with van der Waals surface area (Å²) in [5.74, 6) is 0.372. The molecular weight excluding hydrogens is 277 g/mol. The summed E-state index contributed by atoms with van der Waals surface area (Å²) in [5, 5.41) is 13.6. The third kappa shape index (κ3) is 2.03. The maximum absolute atomic E-state index is 13.2. The Labute approximate surface area is 119 Å². The van der Waals surface area contributed by atoms with Crippen molar-refractivity contribution >= 4 is 22.0 Å². The van der Waals surface area contributed by atoms with E-state index in [0.717, 1.165) is 16.4 Å². The summed E-state index contributed by atoms with van der Waals surface area (Å²) in [6, 6.07) is 4.59. The number of rotatable bonds is 1. The van der Waals surface area contributed by atoms with Gasteiger partial charge in [-0.3, -0.25) is 0 Å². The van der Waals surface area contributed by atoms with Gasteiger partial charge in [0, 0.05) is 11.0 Å². The van der Waals surface area contributed by atoms with Gasteiger partial charge in [0.1, 0.15) is 10.8 Å². The average Bonchev–Trinajstić information content (AvgIpc) is 2.90. The van der Waals surface area contributed by atoms with Crippen LogP contribution in [0.5, 0.6) is 0 Å². The molecule has 2 heterocycles. The van der Waals surface area contributed by atoms with Gasteiger partial charge in [-0.1, -0.05) is 32.1 Å². The Morgan fingerprint density at radius 2 is 2.00 bits per heavy atom. The molecule has 0 aliphatic carbocycles. The molecule has 0 aliphatic heterocycles. The summed E-state index contributed by atoms with van der Waals surface area (Å²) in [6.07, 6.45) is 0. The van der Waals surface area contributed by atoms with E-state index in [4.69, 9.17) is 5.73 Å². The van der Waals surface area contributed by atoms with Crippen molar-refractivity contribution in [2.45, 2.75) is 26.2 Å². The fraction of sp³-hybridized carbons (Fsp3) is 0.308. The Hall–Kier alpha value is -2.02. The van der Waals surface area contributed by atoms with Gasteiger partial charge in [0.25, 0.3) is 0 Å². The quantitative estimate of drug-likeness (QED) is 0.700. The second kappa shape index (κ2) is 4.24. The van der Waals surface area contributed by atoms with E-state index in [1.807, 2.05) is 0 Å². The van der Waals surface area contributed by atoms with E-state index in [-0.39, 0.29) is 11.1 Å². The molecule has 0 unspecified atom stereocenters. The summed E-state index contributed by atoms with van der Waals surface area (Å²) < 4.78 is 14.9. The molecule has 2 aromatic heterocycles. The van der Waals surface area contributed by atoms with Crippen LogP contribution in [0.1, 0.15) is 26.6 Å². The van der Waals surface area contributed by atoms with Crippen molar-refractivity contribution < 1.29 is 4.39 Å². The topological polar surface area (TPSA) is 69.1 Å². The molecule has 0 fully saturated rings. The zero-order valence-corrected chi connectivity index (χ0v) is 12.2. The number of halogens is 1. The van der Waals surface area contributed by atoms with Crippen LogP contribution in [0.2, 0.25) is 0 Å². The van der Waals surface area contributed by atoms with Gasteiger partial charge in [0.2, 0.25) is 4.96 Å². The second-order valence-corrected chi connectivity index (χ2v) is 6.57. The number of hydrogen-bond donors (Lipinski definition) is 1. The predicted octanol–water partition coefficient (Wildman–Crippen LogP) is 2.87. The van der Waals surface area contributed by atoms with E-state index in [0.29, 0.717) is 4.96 Å². The van der Waals surface area contributed by atoms with Gasteiger partial charge in [0.15, 0.2) is 5.82 Å². The maximum Gasteiger partial charge on any atom is 0.235 e. The van der Waals surface area contributed by atoms with Gasteiger partial charge >= 0.3 is 0 Å². The molecule has 0 aliphatic rings. The molecule has 5 nitrogen and oxygen atoms in total. The Kier molecular flexibility index (Phi) is 2.75. The highest BCUT2D eigenvalue weighted by atomic mass is 32.1. The molecule has 0 radical (unpaired) electrons. The summed E-state index contributed by atoms with van der Waals surface area (Å²) in [4.78, 5) is 0.716. The van der Waals surface area contributed by atoms with E-state index >= 15 is 0 Å². The van der Waals surface area contributed by atoms with Gasteiger partial charge in [0.05, 0.1) is 5.69 Å². The molecule has 2 N–H and O–H groups in total. The molecule has 0 amide bonds. The zero-order valence-electron chi connectivity index (χ0n) is 11.4. The number of anilines is 1. The fourth-order valence-electron chi connectivity index (χ4n) is 1.88. The van der Waals surface area contributed by atoms with Crippen molar-refractivity contribution in [1.82, 2.24) is 19.8 Å². The van der Waals surface area contributed by atoms with Gasteiger partial charge in [-0.15, -0.1) is 10.2 Å². The van der Waals surface area contributed by atoms with Crippen LogP contribution >= 0.6 is 11.3 Å². The van der Waals surface area contributed by atoms with Crippen LogP contribution in [0.25, 0.3) is 15.5 Å². The number of benzene rings is 1. The third-order valence-electron chi connectivity index (χ3n) is 2.90. The average molecular weight is 291 g/mol. The smallest absolute Gasteiger partial charge is 0.235 e. The minimum absolute atomic E-state index is 0.115. The Morgan fingerprint density at radius 3 is 2.65 bits per heavy atom. The molecule has 0 bridgehead atoms. The van der Waals surface area contributed by atoms with Crippen LogP contribution in [-0.4, -0.2) is 19.8 Å². The minimum atomic E-state index is -0.424. The summed E-state index contributed by atoms with van der Waals surface area (Å²) in [7, 11) is 0. The van der Waals surface area contributed by atoms with Crippen molar-refractivity contribution in [2.24, 2.45) is 0 Å². The van der Waals surface area contributed by atoms with Crippen LogP contribution in [0.3, 0.4) is 0 Å². The van der Waals surface area contributed by atoms with Crippen molar-refractivity contribution in [1.29, 1.82) is 0 Å². The largest absolute Gasteiger partial charge is 0.396 e. The number of fused-ring (bicyclic) bond motifs is 1. The normalized spacial score (nSPS) is 12.2. The first-order valence-corrected chi connectivity index (χ1v) is 6.96. The van der Waals surface area contributed by atoms with Gasteiger partial charge in [-0.25, -0.2) is 4.39 Å².